The number of alkyl halides is 3. The molecule has 0 spiro atoms. The fourth-order valence-electron chi connectivity index (χ4n) is 1.55. The number of anilines is 1. The summed E-state index contributed by atoms with van der Waals surface area (Å²) in [5, 5.41) is 0. The Bertz CT molecular complexity index is 585. The minimum atomic E-state index is -4.54. The van der Waals surface area contributed by atoms with Crippen LogP contribution >= 0.6 is 15.9 Å². The zero-order valence-corrected chi connectivity index (χ0v) is 11.9. The number of nitrogens with zero attached hydrogens (tertiary/aromatic N) is 1. The Morgan fingerprint density at radius 2 is 1.89 bits per heavy atom. The lowest BCUT2D eigenvalue weighted by atomic mass is 10.2. The van der Waals surface area contributed by atoms with Gasteiger partial charge in [-0.2, -0.15) is 25.9 Å². The lowest BCUT2D eigenvalue weighted by molar-refractivity contribution is -0.138. The quantitative estimate of drug-likeness (QED) is 0.903. The van der Waals surface area contributed by atoms with Gasteiger partial charge in [0.2, 0.25) is 0 Å². The van der Waals surface area contributed by atoms with Crippen LogP contribution in [0.15, 0.2) is 22.7 Å². The van der Waals surface area contributed by atoms with Crippen LogP contribution in [0.5, 0.6) is 0 Å². The van der Waals surface area contributed by atoms with Crippen LogP contribution < -0.4 is 4.72 Å². The maximum absolute atomic E-state index is 12.7. The molecule has 0 aliphatic carbocycles. The third-order valence-corrected chi connectivity index (χ3v) is 4.90. The molecule has 1 aliphatic rings. The second kappa shape index (κ2) is 4.95. The minimum Gasteiger partial charge on any atom is -0.271 e. The Hall–Kier alpha value is -0.800. The van der Waals surface area contributed by atoms with Gasteiger partial charge in [-0.15, -0.1) is 0 Å². The highest BCUT2D eigenvalue weighted by Crippen LogP contribution is 2.36. The summed E-state index contributed by atoms with van der Waals surface area (Å²) in [6.45, 7) is 0.774. The van der Waals surface area contributed by atoms with E-state index in [0.717, 1.165) is 18.6 Å². The molecule has 4 nitrogen and oxygen atoms in total. The molecule has 0 amide bonds. The van der Waals surface area contributed by atoms with E-state index in [-0.39, 0.29) is 10.2 Å². The van der Waals surface area contributed by atoms with Gasteiger partial charge in [0, 0.05) is 17.6 Å². The average molecular weight is 359 g/mol. The number of halogens is 4. The molecular formula is C10H10BrF3N2O2S. The van der Waals surface area contributed by atoms with E-state index in [2.05, 4.69) is 20.7 Å². The van der Waals surface area contributed by atoms with Crippen molar-refractivity contribution < 1.29 is 21.6 Å². The smallest absolute Gasteiger partial charge is 0.271 e. The second-order valence-corrected chi connectivity index (χ2v) is 6.58. The molecule has 0 saturated carbocycles. The lowest BCUT2D eigenvalue weighted by Gasteiger charge is -2.29. The summed E-state index contributed by atoms with van der Waals surface area (Å²) in [6, 6.07) is 3.20. The van der Waals surface area contributed by atoms with E-state index < -0.39 is 21.9 Å². The molecule has 0 atom stereocenters. The van der Waals surface area contributed by atoms with Crippen molar-refractivity contribution in [2.24, 2.45) is 0 Å². The number of benzene rings is 1. The molecule has 1 aromatic rings. The van der Waals surface area contributed by atoms with Crippen LogP contribution in [0.4, 0.5) is 18.9 Å². The van der Waals surface area contributed by atoms with Crippen LogP contribution in [0.25, 0.3) is 0 Å². The summed E-state index contributed by atoms with van der Waals surface area (Å²) in [5.74, 6) is 0. The molecule has 0 radical (unpaired) electrons. The van der Waals surface area contributed by atoms with Crippen molar-refractivity contribution in [3.05, 3.63) is 28.2 Å². The molecule has 0 bridgehead atoms. The Kier molecular flexibility index (Phi) is 3.80. The summed E-state index contributed by atoms with van der Waals surface area (Å²) in [6.07, 6.45) is -3.79. The largest absolute Gasteiger partial charge is 0.417 e. The predicted molar refractivity (Wildman–Crippen MR) is 67.9 cm³/mol. The maximum atomic E-state index is 12.7. The van der Waals surface area contributed by atoms with Crippen molar-refractivity contribution in [3.8, 4) is 0 Å². The van der Waals surface area contributed by atoms with Crippen LogP contribution in [0.1, 0.15) is 12.0 Å². The van der Waals surface area contributed by atoms with Crippen LogP contribution in [-0.2, 0) is 16.4 Å². The van der Waals surface area contributed by atoms with Crippen LogP contribution in [-0.4, -0.2) is 25.8 Å². The van der Waals surface area contributed by atoms with Gasteiger partial charge in [-0.05, 0) is 24.6 Å². The van der Waals surface area contributed by atoms with Crippen molar-refractivity contribution in [2.75, 3.05) is 17.8 Å². The van der Waals surface area contributed by atoms with Crippen molar-refractivity contribution in [2.45, 2.75) is 12.6 Å². The molecule has 2 rings (SSSR count). The van der Waals surface area contributed by atoms with E-state index >= 15 is 0 Å². The number of hydrogen-bond acceptors (Lipinski definition) is 2. The Balaban J connectivity index is 2.27. The van der Waals surface area contributed by atoms with E-state index in [1.54, 1.807) is 0 Å². The van der Waals surface area contributed by atoms with E-state index in [1.807, 2.05) is 0 Å². The summed E-state index contributed by atoms with van der Waals surface area (Å²) < 4.78 is 64.7. The van der Waals surface area contributed by atoms with E-state index in [4.69, 9.17) is 0 Å². The van der Waals surface area contributed by atoms with Gasteiger partial charge in [0.25, 0.3) is 0 Å². The van der Waals surface area contributed by atoms with Gasteiger partial charge < -0.3 is 0 Å². The fraction of sp³-hybridized carbons (Fsp3) is 0.400. The molecule has 0 aromatic heterocycles. The Morgan fingerprint density at radius 1 is 1.26 bits per heavy atom. The number of hydrogen-bond donors (Lipinski definition) is 1. The first-order chi connectivity index (χ1) is 8.70. The monoisotopic (exact) mass is 358 g/mol. The molecule has 1 aliphatic heterocycles. The van der Waals surface area contributed by atoms with Gasteiger partial charge in [0.1, 0.15) is 0 Å². The fourth-order valence-corrected chi connectivity index (χ4v) is 3.31. The SMILES string of the molecule is O=S(=O)(Nc1ccc(Br)c(C(F)(F)F)c1)N1CCC1. The lowest BCUT2D eigenvalue weighted by Crippen LogP contribution is -2.45. The summed E-state index contributed by atoms with van der Waals surface area (Å²) >= 11 is 2.79. The van der Waals surface area contributed by atoms with Crippen LogP contribution in [0.2, 0.25) is 0 Å². The highest BCUT2D eigenvalue weighted by atomic mass is 79.9. The Labute approximate surface area is 116 Å². The topological polar surface area (TPSA) is 49.4 Å². The average Bonchev–Trinajstić information content (AvgIpc) is 2.15. The molecule has 1 aromatic carbocycles. The first-order valence-electron chi connectivity index (χ1n) is 5.35. The van der Waals surface area contributed by atoms with Crippen LogP contribution in [0.3, 0.4) is 0 Å². The predicted octanol–water partition coefficient (Wildman–Crippen LogP) is 2.83. The number of nitrogens with one attached hydrogen (secondary N) is 1. The zero-order valence-electron chi connectivity index (χ0n) is 9.54. The standard InChI is InChI=1S/C10H10BrF3N2O2S/c11-9-3-2-7(6-8(9)10(12,13)14)15-19(17,18)16-4-1-5-16/h2-3,6,15H,1,4-5H2. The number of rotatable bonds is 3. The molecule has 106 valence electrons. The van der Waals surface area contributed by atoms with Gasteiger partial charge in [-0.25, -0.2) is 0 Å². The third-order valence-electron chi connectivity index (χ3n) is 2.67. The Morgan fingerprint density at radius 3 is 2.37 bits per heavy atom. The van der Waals surface area contributed by atoms with Gasteiger partial charge >= 0.3 is 16.4 Å². The molecule has 9 heteroatoms. The molecule has 1 fully saturated rings. The molecular weight excluding hydrogens is 349 g/mol. The van der Waals surface area contributed by atoms with Crippen LogP contribution in [0, 0.1) is 0 Å². The van der Waals surface area contributed by atoms with E-state index in [0.29, 0.717) is 13.1 Å². The van der Waals surface area contributed by atoms with Gasteiger partial charge in [-0.1, -0.05) is 15.9 Å². The highest BCUT2D eigenvalue weighted by molar-refractivity contribution is 9.10. The van der Waals surface area contributed by atoms with Crippen molar-refractivity contribution >= 4 is 31.8 Å². The summed E-state index contributed by atoms with van der Waals surface area (Å²) in [4.78, 5) is 0. The third kappa shape index (κ3) is 3.21. The van der Waals surface area contributed by atoms with Crippen molar-refractivity contribution in [1.82, 2.24) is 4.31 Å². The minimum absolute atomic E-state index is 0.109. The zero-order chi connectivity index (χ0) is 14.3. The van der Waals surface area contributed by atoms with Crippen molar-refractivity contribution in [3.63, 3.8) is 0 Å². The first kappa shape index (κ1) is 14.6. The summed E-state index contributed by atoms with van der Waals surface area (Å²) in [5.41, 5.74) is -1.03. The van der Waals surface area contributed by atoms with E-state index in [9.17, 15) is 21.6 Å². The summed E-state index contributed by atoms with van der Waals surface area (Å²) in [7, 11) is -3.75. The molecule has 1 heterocycles. The van der Waals surface area contributed by atoms with Gasteiger partial charge in [0.15, 0.2) is 0 Å². The normalized spacial score (nSPS) is 17.1. The second-order valence-electron chi connectivity index (χ2n) is 4.05. The molecule has 1 saturated heterocycles. The van der Waals surface area contributed by atoms with Crippen molar-refractivity contribution in [1.29, 1.82) is 0 Å². The molecule has 19 heavy (non-hydrogen) atoms. The maximum Gasteiger partial charge on any atom is 0.417 e. The highest BCUT2D eigenvalue weighted by Gasteiger charge is 2.34. The first-order valence-corrected chi connectivity index (χ1v) is 7.58. The van der Waals surface area contributed by atoms with Gasteiger partial charge in [-0.3, -0.25) is 4.72 Å². The molecule has 0 unspecified atom stereocenters. The molecule has 1 N–H and O–H groups in total. The van der Waals surface area contributed by atoms with E-state index in [1.165, 1.54) is 10.4 Å². The van der Waals surface area contributed by atoms with Gasteiger partial charge in [0.05, 0.1) is 11.3 Å².